The van der Waals surface area contributed by atoms with Gasteiger partial charge in [-0.1, -0.05) is 30.3 Å². The molecule has 3 rings (SSSR count). The van der Waals surface area contributed by atoms with Crippen LogP contribution in [0, 0.1) is 6.92 Å². The van der Waals surface area contributed by atoms with Crippen molar-refractivity contribution in [1.29, 1.82) is 0 Å². The third-order valence-corrected chi connectivity index (χ3v) is 3.35. The summed E-state index contributed by atoms with van der Waals surface area (Å²) in [6.07, 6.45) is 3.40. The summed E-state index contributed by atoms with van der Waals surface area (Å²) in [5.41, 5.74) is 3.83. The zero-order valence-corrected chi connectivity index (χ0v) is 10.6. The molecule has 18 heavy (non-hydrogen) atoms. The molecule has 1 aliphatic carbocycles. The molecule has 1 aromatic heterocycles. The average Bonchev–Trinajstić information content (AvgIpc) is 2.85. The smallest absolute Gasteiger partial charge is 0.133 e. The molecule has 0 radical (unpaired) electrons. The van der Waals surface area contributed by atoms with E-state index in [0.717, 1.165) is 31.0 Å². The molecule has 1 aliphatic rings. The monoisotopic (exact) mass is 239 g/mol. The van der Waals surface area contributed by atoms with Crippen LogP contribution in [0.3, 0.4) is 0 Å². The van der Waals surface area contributed by atoms with E-state index in [2.05, 4.69) is 39.6 Å². The van der Waals surface area contributed by atoms with E-state index >= 15 is 0 Å². The molecule has 0 unspecified atom stereocenters. The van der Waals surface area contributed by atoms with Gasteiger partial charge >= 0.3 is 0 Å². The molecule has 3 nitrogen and oxygen atoms in total. The zero-order chi connectivity index (χ0) is 12.4. The molecule has 0 spiro atoms. The number of rotatable bonds is 3. The van der Waals surface area contributed by atoms with E-state index in [0.29, 0.717) is 0 Å². The van der Waals surface area contributed by atoms with Gasteiger partial charge in [-0.25, -0.2) is 9.97 Å². The molecule has 0 saturated heterocycles. The lowest BCUT2D eigenvalue weighted by molar-refractivity contribution is 0.895. The van der Waals surface area contributed by atoms with E-state index in [9.17, 15) is 0 Å². The molecule has 0 bridgehead atoms. The zero-order valence-electron chi connectivity index (χ0n) is 10.6. The number of hydrogen-bond acceptors (Lipinski definition) is 3. The molecule has 1 N–H and O–H groups in total. The number of nitrogens with one attached hydrogen (secondary N) is 1. The van der Waals surface area contributed by atoms with Crippen LogP contribution in [0.15, 0.2) is 30.3 Å². The largest absolute Gasteiger partial charge is 0.366 e. The Morgan fingerprint density at radius 1 is 1.11 bits per heavy atom. The molecule has 0 saturated carbocycles. The highest BCUT2D eigenvalue weighted by molar-refractivity contribution is 5.49. The summed E-state index contributed by atoms with van der Waals surface area (Å²) in [6, 6.07) is 10.4. The molecule has 1 aromatic carbocycles. The number of aryl methyl sites for hydroxylation is 2. The maximum Gasteiger partial charge on any atom is 0.133 e. The summed E-state index contributed by atoms with van der Waals surface area (Å²) in [5, 5.41) is 3.45. The fourth-order valence-electron chi connectivity index (χ4n) is 2.48. The molecular formula is C15H17N3. The Kier molecular flexibility index (Phi) is 2.97. The van der Waals surface area contributed by atoms with Crippen LogP contribution in [0.5, 0.6) is 0 Å². The predicted octanol–water partition coefficient (Wildman–Crippen LogP) is 2.89. The minimum absolute atomic E-state index is 0.823. The fourth-order valence-corrected chi connectivity index (χ4v) is 2.48. The van der Waals surface area contributed by atoms with Gasteiger partial charge < -0.3 is 5.32 Å². The molecule has 2 aromatic rings. The van der Waals surface area contributed by atoms with Crippen LogP contribution in [-0.2, 0) is 19.4 Å². The minimum atomic E-state index is 0.823. The van der Waals surface area contributed by atoms with Crippen molar-refractivity contribution in [2.45, 2.75) is 32.7 Å². The maximum atomic E-state index is 4.54. The van der Waals surface area contributed by atoms with Crippen molar-refractivity contribution < 1.29 is 0 Å². The standard InChI is InChI=1S/C15H17N3/c1-11-17-14-9-5-8-13(14)15(18-11)16-10-12-6-3-2-4-7-12/h2-4,6-7H,5,8-10H2,1H3,(H,16,17,18). The van der Waals surface area contributed by atoms with Crippen LogP contribution in [0.2, 0.25) is 0 Å². The van der Waals surface area contributed by atoms with Crippen LogP contribution in [0.4, 0.5) is 5.82 Å². The quantitative estimate of drug-likeness (QED) is 0.895. The second-order valence-electron chi connectivity index (χ2n) is 4.74. The first-order chi connectivity index (χ1) is 8.83. The van der Waals surface area contributed by atoms with Crippen molar-refractivity contribution in [2.24, 2.45) is 0 Å². The summed E-state index contributed by atoms with van der Waals surface area (Å²) in [4.78, 5) is 9.06. The van der Waals surface area contributed by atoms with Crippen molar-refractivity contribution in [1.82, 2.24) is 9.97 Å². The second-order valence-corrected chi connectivity index (χ2v) is 4.74. The lowest BCUT2D eigenvalue weighted by Gasteiger charge is -2.11. The van der Waals surface area contributed by atoms with Gasteiger partial charge in [0, 0.05) is 17.8 Å². The Balaban J connectivity index is 1.81. The molecule has 0 atom stereocenters. The number of hydrogen-bond donors (Lipinski definition) is 1. The Labute approximate surface area is 107 Å². The molecule has 0 aliphatic heterocycles. The third kappa shape index (κ3) is 2.21. The lowest BCUT2D eigenvalue weighted by atomic mass is 10.2. The predicted molar refractivity (Wildman–Crippen MR) is 72.6 cm³/mol. The fraction of sp³-hybridized carbons (Fsp3) is 0.333. The van der Waals surface area contributed by atoms with Gasteiger partial charge in [0.05, 0.1) is 0 Å². The van der Waals surface area contributed by atoms with Crippen LogP contribution in [0.25, 0.3) is 0 Å². The average molecular weight is 239 g/mol. The van der Waals surface area contributed by atoms with Crippen LogP contribution in [-0.4, -0.2) is 9.97 Å². The molecule has 0 fully saturated rings. The summed E-state index contributed by atoms with van der Waals surface area (Å²) >= 11 is 0. The van der Waals surface area contributed by atoms with Crippen molar-refractivity contribution in [2.75, 3.05) is 5.32 Å². The van der Waals surface area contributed by atoms with Gasteiger partial charge in [0.2, 0.25) is 0 Å². The SMILES string of the molecule is Cc1nc2c(c(NCc3ccccc3)n1)CCC2. The van der Waals surface area contributed by atoms with Gasteiger partial charge in [0.25, 0.3) is 0 Å². The van der Waals surface area contributed by atoms with Crippen LogP contribution in [0.1, 0.15) is 29.1 Å². The van der Waals surface area contributed by atoms with E-state index in [4.69, 9.17) is 0 Å². The Morgan fingerprint density at radius 3 is 2.78 bits per heavy atom. The van der Waals surface area contributed by atoms with Crippen LogP contribution < -0.4 is 5.32 Å². The van der Waals surface area contributed by atoms with E-state index in [1.54, 1.807) is 0 Å². The van der Waals surface area contributed by atoms with E-state index in [1.807, 2.05) is 13.0 Å². The summed E-state index contributed by atoms with van der Waals surface area (Å²) in [5.74, 6) is 1.89. The second kappa shape index (κ2) is 4.77. The molecular weight excluding hydrogens is 222 g/mol. The van der Waals surface area contributed by atoms with Crippen molar-refractivity contribution in [3.63, 3.8) is 0 Å². The van der Waals surface area contributed by atoms with Crippen molar-refractivity contribution in [3.05, 3.63) is 53.0 Å². The van der Waals surface area contributed by atoms with Gasteiger partial charge in [-0.2, -0.15) is 0 Å². The van der Waals surface area contributed by atoms with Gasteiger partial charge in [-0.05, 0) is 31.7 Å². The van der Waals surface area contributed by atoms with Crippen molar-refractivity contribution >= 4 is 5.82 Å². The van der Waals surface area contributed by atoms with Gasteiger partial charge in [-0.15, -0.1) is 0 Å². The first-order valence-electron chi connectivity index (χ1n) is 6.47. The summed E-state index contributed by atoms with van der Waals surface area (Å²) < 4.78 is 0. The first-order valence-corrected chi connectivity index (χ1v) is 6.47. The van der Waals surface area contributed by atoms with E-state index in [1.165, 1.54) is 23.2 Å². The molecule has 92 valence electrons. The molecule has 3 heteroatoms. The molecule has 0 amide bonds. The lowest BCUT2D eigenvalue weighted by Crippen LogP contribution is -2.07. The number of anilines is 1. The minimum Gasteiger partial charge on any atom is -0.366 e. The van der Waals surface area contributed by atoms with Crippen molar-refractivity contribution in [3.8, 4) is 0 Å². The highest BCUT2D eigenvalue weighted by atomic mass is 15.0. The Morgan fingerprint density at radius 2 is 1.94 bits per heavy atom. The van der Waals surface area contributed by atoms with Gasteiger partial charge in [0.15, 0.2) is 0 Å². The number of benzene rings is 1. The van der Waals surface area contributed by atoms with Gasteiger partial charge in [-0.3, -0.25) is 0 Å². The summed E-state index contributed by atoms with van der Waals surface area (Å²) in [6.45, 7) is 2.79. The van der Waals surface area contributed by atoms with Crippen LogP contribution >= 0.6 is 0 Å². The Bertz CT molecular complexity index is 549. The highest BCUT2D eigenvalue weighted by Gasteiger charge is 2.17. The normalized spacial score (nSPS) is 13.4. The first kappa shape index (κ1) is 11.2. The van der Waals surface area contributed by atoms with E-state index < -0.39 is 0 Å². The highest BCUT2D eigenvalue weighted by Crippen LogP contribution is 2.26. The van der Waals surface area contributed by atoms with E-state index in [-0.39, 0.29) is 0 Å². The number of fused-ring (bicyclic) bond motifs is 1. The topological polar surface area (TPSA) is 37.8 Å². The molecule has 1 heterocycles. The maximum absolute atomic E-state index is 4.54. The number of nitrogens with zero attached hydrogens (tertiary/aromatic N) is 2. The third-order valence-electron chi connectivity index (χ3n) is 3.35. The Hall–Kier alpha value is -1.90. The number of aromatic nitrogens is 2. The summed E-state index contributed by atoms with van der Waals surface area (Å²) in [7, 11) is 0. The van der Waals surface area contributed by atoms with Gasteiger partial charge in [0.1, 0.15) is 11.6 Å².